The number of halogens is 1. The molecular formula is C20H21FN2O2S. The van der Waals surface area contributed by atoms with Gasteiger partial charge in [0.1, 0.15) is 5.82 Å². The van der Waals surface area contributed by atoms with E-state index >= 15 is 0 Å². The minimum atomic E-state index is -3.35. The molecule has 0 radical (unpaired) electrons. The zero-order valence-electron chi connectivity index (χ0n) is 14.3. The first-order chi connectivity index (χ1) is 12.5. The van der Waals surface area contributed by atoms with Gasteiger partial charge in [-0.2, -0.15) is 0 Å². The Morgan fingerprint density at radius 2 is 1.96 bits per heavy atom. The van der Waals surface area contributed by atoms with Crippen molar-refractivity contribution >= 4 is 20.9 Å². The van der Waals surface area contributed by atoms with Crippen LogP contribution in [0, 0.1) is 5.82 Å². The van der Waals surface area contributed by atoms with Crippen molar-refractivity contribution in [2.45, 2.75) is 31.7 Å². The summed E-state index contributed by atoms with van der Waals surface area (Å²) >= 11 is 0. The van der Waals surface area contributed by atoms with Crippen LogP contribution in [0.1, 0.15) is 23.2 Å². The summed E-state index contributed by atoms with van der Waals surface area (Å²) in [5.74, 6) is -0.186. The Morgan fingerprint density at radius 3 is 2.77 bits per heavy atom. The van der Waals surface area contributed by atoms with Crippen LogP contribution in [-0.4, -0.2) is 25.2 Å². The highest BCUT2D eigenvalue weighted by Gasteiger charge is 2.25. The lowest BCUT2D eigenvalue weighted by Crippen LogP contribution is -2.40. The summed E-state index contributed by atoms with van der Waals surface area (Å²) in [5, 5.41) is 0.981. The number of nitrogens with one attached hydrogen (secondary N) is 2. The van der Waals surface area contributed by atoms with E-state index in [1.807, 2.05) is 30.3 Å². The van der Waals surface area contributed by atoms with E-state index in [1.54, 1.807) is 6.07 Å². The maximum absolute atomic E-state index is 13.4. The molecule has 4 rings (SSSR count). The molecular weight excluding hydrogens is 351 g/mol. The monoisotopic (exact) mass is 372 g/mol. The van der Waals surface area contributed by atoms with Crippen molar-refractivity contribution in [3.05, 3.63) is 71.2 Å². The maximum Gasteiger partial charge on any atom is 0.212 e. The SMILES string of the molecule is O=S(=O)(CCc1ccccc1)NC1CCc2[nH]c3cc(F)ccc3c2C1. The van der Waals surface area contributed by atoms with Crippen LogP contribution in [-0.2, 0) is 29.3 Å². The van der Waals surface area contributed by atoms with Gasteiger partial charge >= 0.3 is 0 Å². The highest BCUT2D eigenvalue weighted by molar-refractivity contribution is 7.89. The number of hydrogen-bond acceptors (Lipinski definition) is 2. The Bertz CT molecular complexity index is 1030. The molecule has 1 unspecified atom stereocenters. The van der Waals surface area contributed by atoms with Crippen LogP contribution in [0.5, 0.6) is 0 Å². The summed E-state index contributed by atoms with van der Waals surface area (Å²) < 4.78 is 41.2. The van der Waals surface area contributed by atoms with Crippen LogP contribution in [0.15, 0.2) is 48.5 Å². The fourth-order valence-electron chi connectivity index (χ4n) is 3.71. The minimum Gasteiger partial charge on any atom is -0.358 e. The molecule has 1 atom stereocenters. The van der Waals surface area contributed by atoms with E-state index in [0.717, 1.165) is 40.6 Å². The Morgan fingerprint density at radius 1 is 1.15 bits per heavy atom. The van der Waals surface area contributed by atoms with Crippen LogP contribution >= 0.6 is 0 Å². The fraction of sp³-hybridized carbons (Fsp3) is 0.300. The molecule has 6 heteroatoms. The third-order valence-electron chi connectivity index (χ3n) is 5.00. The number of hydrogen-bond donors (Lipinski definition) is 2. The Kier molecular flexibility index (Phi) is 4.54. The van der Waals surface area contributed by atoms with Gasteiger partial charge in [0.2, 0.25) is 10.0 Å². The van der Waals surface area contributed by atoms with Gasteiger partial charge in [-0.05, 0) is 55.0 Å². The molecule has 1 heterocycles. The lowest BCUT2D eigenvalue weighted by molar-refractivity contribution is 0.506. The van der Waals surface area contributed by atoms with E-state index in [0.29, 0.717) is 12.8 Å². The highest BCUT2D eigenvalue weighted by Crippen LogP contribution is 2.29. The van der Waals surface area contributed by atoms with Crippen LogP contribution in [0.4, 0.5) is 4.39 Å². The predicted octanol–water partition coefficient (Wildman–Crippen LogP) is 3.33. The second-order valence-electron chi connectivity index (χ2n) is 6.88. The normalized spacial score (nSPS) is 17.3. The molecule has 0 fully saturated rings. The average molecular weight is 372 g/mol. The van der Waals surface area contributed by atoms with E-state index in [4.69, 9.17) is 0 Å². The van der Waals surface area contributed by atoms with Gasteiger partial charge in [-0.25, -0.2) is 17.5 Å². The quantitative estimate of drug-likeness (QED) is 0.722. The zero-order chi connectivity index (χ0) is 18.1. The van der Waals surface area contributed by atoms with Crippen LogP contribution in [0.25, 0.3) is 10.9 Å². The molecule has 2 aromatic carbocycles. The first kappa shape index (κ1) is 17.2. The largest absolute Gasteiger partial charge is 0.358 e. The van der Waals surface area contributed by atoms with Crippen molar-refractivity contribution in [2.24, 2.45) is 0 Å². The van der Waals surface area contributed by atoms with Gasteiger partial charge in [-0.3, -0.25) is 0 Å². The first-order valence-electron chi connectivity index (χ1n) is 8.83. The van der Waals surface area contributed by atoms with Crippen LogP contribution < -0.4 is 4.72 Å². The lowest BCUT2D eigenvalue weighted by Gasteiger charge is -2.23. The maximum atomic E-state index is 13.4. The predicted molar refractivity (Wildman–Crippen MR) is 101 cm³/mol. The number of aryl methyl sites for hydroxylation is 2. The molecule has 3 aromatic rings. The van der Waals surface area contributed by atoms with E-state index in [9.17, 15) is 12.8 Å². The number of aromatic amines is 1. The standard InChI is InChI=1S/C20H21FN2O2S/c21-15-6-8-17-18-13-16(7-9-19(18)22-20(17)12-15)23-26(24,25)11-10-14-4-2-1-3-5-14/h1-6,8,12,16,22-23H,7,9-11,13H2. The summed E-state index contributed by atoms with van der Waals surface area (Å²) in [5.41, 5.74) is 3.98. The molecule has 0 amide bonds. The van der Waals surface area contributed by atoms with E-state index in [2.05, 4.69) is 9.71 Å². The summed E-state index contributed by atoms with van der Waals surface area (Å²) in [6.45, 7) is 0. The number of aromatic nitrogens is 1. The van der Waals surface area contributed by atoms with Crippen molar-refractivity contribution < 1.29 is 12.8 Å². The molecule has 2 N–H and O–H groups in total. The van der Waals surface area contributed by atoms with E-state index in [1.165, 1.54) is 12.1 Å². The second-order valence-corrected chi connectivity index (χ2v) is 8.76. The molecule has 0 spiro atoms. The lowest BCUT2D eigenvalue weighted by atomic mass is 9.92. The molecule has 26 heavy (non-hydrogen) atoms. The Hall–Kier alpha value is -2.18. The highest BCUT2D eigenvalue weighted by atomic mass is 32.2. The molecule has 1 aromatic heterocycles. The molecule has 0 bridgehead atoms. The van der Waals surface area contributed by atoms with Crippen molar-refractivity contribution in [3.8, 4) is 0 Å². The Balaban J connectivity index is 1.46. The summed E-state index contributed by atoms with van der Waals surface area (Å²) in [7, 11) is -3.35. The molecule has 0 aliphatic heterocycles. The van der Waals surface area contributed by atoms with Gasteiger partial charge in [0.25, 0.3) is 0 Å². The average Bonchev–Trinajstić information content (AvgIpc) is 2.97. The van der Waals surface area contributed by atoms with Gasteiger partial charge in [-0.1, -0.05) is 30.3 Å². The molecule has 136 valence electrons. The van der Waals surface area contributed by atoms with E-state index < -0.39 is 10.0 Å². The number of benzene rings is 2. The number of fused-ring (bicyclic) bond motifs is 3. The third-order valence-corrected chi connectivity index (χ3v) is 6.43. The Labute approximate surface area is 152 Å². The van der Waals surface area contributed by atoms with Gasteiger partial charge in [0.15, 0.2) is 0 Å². The second kappa shape index (κ2) is 6.85. The smallest absolute Gasteiger partial charge is 0.212 e. The first-order valence-corrected chi connectivity index (χ1v) is 10.5. The number of H-pyrrole nitrogens is 1. The van der Waals surface area contributed by atoms with Gasteiger partial charge < -0.3 is 4.98 Å². The number of rotatable bonds is 5. The molecule has 1 aliphatic carbocycles. The summed E-state index contributed by atoms with van der Waals surface area (Å²) in [6.07, 6.45) is 2.64. The molecule has 0 saturated carbocycles. The third kappa shape index (κ3) is 3.66. The van der Waals surface area contributed by atoms with Crippen molar-refractivity contribution in [1.82, 2.24) is 9.71 Å². The van der Waals surface area contributed by atoms with Gasteiger partial charge in [0, 0.05) is 22.6 Å². The van der Waals surface area contributed by atoms with Crippen molar-refractivity contribution in [1.29, 1.82) is 0 Å². The molecule has 4 nitrogen and oxygen atoms in total. The van der Waals surface area contributed by atoms with Crippen molar-refractivity contribution in [3.63, 3.8) is 0 Å². The number of sulfonamides is 1. The van der Waals surface area contributed by atoms with Crippen LogP contribution in [0.3, 0.4) is 0 Å². The van der Waals surface area contributed by atoms with Crippen LogP contribution in [0.2, 0.25) is 0 Å². The van der Waals surface area contributed by atoms with Crippen molar-refractivity contribution in [2.75, 3.05) is 5.75 Å². The zero-order valence-corrected chi connectivity index (χ0v) is 15.2. The summed E-state index contributed by atoms with van der Waals surface area (Å²) in [6, 6.07) is 14.2. The summed E-state index contributed by atoms with van der Waals surface area (Å²) in [4.78, 5) is 3.27. The fourth-order valence-corrected chi connectivity index (χ4v) is 5.04. The topological polar surface area (TPSA) is 62.0 Å². The minimum absolute atomic E-state index is 0.0828. The van der Waals surface area contributed by atoms with Gasteiger partial charge in [-0.15, -0.1) is 0 Å². The molecule has 1 aliphatic rings. The van der Waals surface area contributed by atoms with Gasteiger partial charge in [0.05, 0.1) is 5.75 Å². The van der Waals surface area contributed by atoms with E-state index in [-0.39, 0.29) is 17.6 Å². The molecule has 0 saturated heterocycles.